The topological polar surface area (TPSA) is 9.23 Å². The second kappa shape index (κ2) is 8.69. The summed E-state index contributed by atoms with van der Waals surface area (Å²) in [6.45, 7) is 0. The van der Waals surface area contributed by atoms with Gasteiger partial charge in [0, 0.05) is 17.5 Å². The van der Waals surface area contributed by atoms with E-state index in [9.17, 15) is 4.39 Å². The van der Waals surface area contributed by atoms with E-state index < -0.39 is 0 Å². The van der Waals surface area contributed by atoms with E-state index in [1.807, 2.05) is 66.7 Å². The molecule has 0 heterocycles. The van der Waals surface area contributed by atoms with Crippen molar-refractivity contribution in [3.05, 3.63) is 96.1 Å². The maximum absolute atomic E-state index is 14.3. The van der Waals surface area contributed by atoms with Crippen molar-refractivity contribution in [3.8, 4) is 28.7 Å². The lowest BCUT2D eigenvalue weighted by molar-refractivity contribution is 0.415. The lowest BCUT2D eigenvalue weighted by Gasteiger charge is -2.03. The Balaban J connectivity index is 1.63. The molecule has 0 saturated heterocycles. The van der Waals surface area contributed by atoms with Crippen LogP contribution in [0.3, 0.4) is 0 Å². The molecular formula is C24H19FO. The van der Waals surface area contributed by atoms with Crippen LogP contribution in [0.4, 0.5) is 4.39 Å². The number of benzene rings is 3. The first-order chi connectivity index (χ1) is 12.8. The molecule has 0 N–H and O–H groups in total. The minimum absolute atomic E-state index is 0.256. The van der Waals surface area contributed by atoms with Crippen LogP contribution in [0.25, 0.3) is 17.0 Å². The molecule has 0 aliphatic rings. The molecule has 26 heavy (non-hydrogen) atoms. The third-order valence-corrected chi connectivity index (χ3v) is 3.97. The fourth-order valence-electron chi connectivity index (χ4n) is 2.54. The first-order valence-corrected chi connectivity index (χ1v) is 8.41. The highest BCUT2D eigenvalue weighted by Crippen LogP contribution is 2.23. The van der Waals surface area contributed by atoms with E-state index in [0.717, 1.165) is 22.4 Å². The third kappa shape index (κ3) is 4.62. The van der Waals surface area contributed by atoms with Crippen molar-refractivity contribution < 1.29 is 9.13 Å². The second-order valence-electron chi connectivity index (χ2n) is 5.73. The second-order valence-corrected chi connectivity index (χ2v) is 5.73. The number of hydrogen-bond acceptors (Lipinski definition) is 1. The zero-order chi connectivity index (χ0) is 18.2. The monoisotopic (exact) mass is 342 g/mol. The van der Waals surface area contributed by atoms with Crippen molar-refractivity contribution >= 4 is 5.83 Å². The Hall–Kier alpha value is -3.31. The van der Waals surface area contributed by atoms with E-state index in [2.05, 4.69) is 11.8 Å². The molecule has 3 aromatic carbocycles. The maximum atomic E-state index is 14.3. The van der Waals surface area contributed by atoms with Gasteiger partial charge in [-0.05, 0) is 41.5 Å². The van der Waals surface area contributed by atoms with Crippen LogP contribution < -0.4 is 4.74 Å². The van der Waals surface area contributed by atoms with E-state index >= 15 is 0 Å². The van der Waals surface area contributed by atoms with Crippen LogP contribution in [0, 0.1) is 11.8 Å². The fraction of sp³-hybridized carbons (Fsp3) is 0.0833. The van der Waals surface area contributed by atoms with Gasteiger partial charge in [0.2, 0.25) is 0 Å². The predicted octanol–water partition coefficient (Wildman–Crippen LogP) is 6.11. The number of rotatable bonds is 4. The van der Waals surface area contributed by atoms with Gasteiger partial charge in [0.05, 0.1) is 7.11 Å². The molecule has 0 radical (unpaired) electrons. The summed E-state index contributed by atoms with van der Waals surface area (Å²) in [5.74, 6) is 6.52. The van der Waals surface area contributed by atoms with Crippen molar-refractivity contribution in [1.82, 2.24) is 0 Å². The fourth-order valence-corrected chi connectivity index (χ4v) is 2.54. The third-order valence-electron chi connectivity index (χ3n) is 3.97. The SMILES string of the molecule is COc1ccc(C#CCC=C(F)c2ccc(-c3ccccc3)cc2)cc1. The van der Waals surface area contributed by atoms with Gasteiger partial charge in [-0.1, -0.05) is 66.4 Å². The first-order valence-electron chi connectivity index (χ1n) is 8.41. The molecular weight excluding hydrogens is 323 g/mol. The average molecular weight is 342 g/mol. The van der Waals surface area contributed by atoms with Crippen LogP contribution >= 0.6 is 0 Å². The maximum Gasteiger partial charge on any atom is 0.127 e. The molecule has 128 valence electrons. The van der Waals surface area contributed by atoms with Gasteiger partial charge in [0.25, 0.3) is 0 Å². The van der Waals surface area contributed by atoms with Gasteiger partial charge in [0.15, 0.2) is 0 Å². The van der Waals surface area contributed by atoms with Crippen molar-refractivity contribution in [3.63, 3.8) is 0 Å². The average Bonchev–Trinajstić information content (AvgIpc) is 2.72. The van der Waals surface area contributed by atoms with Gasteiger partial charge >= 0.3 is 0 Å². The molecule has 1 nitrogen and oxygen atoms in total. The summed E-state index contributed by atoms with van der Waals surface area (Å²) in [5, 5.41) is 0. The molecule has 3 rings (SSSR count). The van der Waals surface area contributed by atoms with Gasteiger partial charge in [-0.15, -0.1) is 0 Å². The summed E-state index contributed by atoms with van der Waals surface area (Å²) in [5.41, 5.74) is 3.64. The molecule has 0 saturated carbocycles. The Bertz CT molecular complexity index is 928. The minimum atomic E-state index is -0.256. The molecule has 2 heteroatoms. The lowest BCUT2D eigenvalue weighted by atomic mass is 10.0. The Labute approximate surface area is 153 Å². The van der Waals surface area contributed by atoms with E-state index in [-0.39, 0.29) is 5.83 Å². The van der Waals surface area contributed by atoms with E-state index in [0.29, 0.717) is 12.0 Å². The zero-order valence-corrected chi connectivity index (χ0v) is 14.6. The molecule has 0 aliphatic carbocycles. The van der Waals surface area contributed by atoms with Crippen LogP contribution in [0.2, 0.25) is 0 Å². The number of methoxy groups -OCH3 is 1. The van der Waals surface area contributed by atoms with Gasteiger partial charge in [-0.2, -0.15) is 0 Å². The number of hydrogen-bond donors (Lipinski definition) is 0. The number of allylic oxidation sites excluding steroid dienone is 1. The summed E-state index contributed by atoms with van der Waals surface area (Å²) in [6, 6.07) is 25.0. The van der Waals surface area contributed by atoms with Crippen LogP contribution in [0.15, 0.2) is 84.9 Å². The lowest BCUT2D eigenvalue weighted by Crippen LogP contribution is -1.82. The van der Waals surface area contributed by atoms with E-state index in [1.54, 1.807) is 19.2 Å². The Kier molecular flexibility index (Phi) is 5.85. The predicted molar refractivity (Wildman–Crippen MR) is 105 cm³/mol. The van der Waals surface area contributed by atoms with Gasteiger partial charge in [-0.3, -0.25) is 0 Å². The molecule has 0 aromatic heterocycles. The van der Waals surface area contributed by atoms with Gasteiger partial charge in [-0.25, -0.2) is 4.39 Å². The quantitative estimate of drug-likeness (QED) is 0.519. The summed E-state index contributed by atoms with van der Waals surface area (Å²) >= 11 is 0. The summed E-state index contributed by atoms with van der Waals surface area (Å²) in [7, 11) is 1.63. The molecule has 0 amide bonds. The smallest absolute Gasteiger partial charge is 0.127 e. The van der Waals surface area contributed by atoms with Crippen molar-refractivity contribution in [2.75, 3.05) is 7.11 Å². The number of halogens is 1. The Morgan fingerprint density at radius 3 is 2.19 bits per heavy atom. The summed E-state index contributed by atoms with van der Waals surface area (Å²) in [6.07, 6.45) is 1.87. The Morgan fingerprint density at radius 2 is 1.54 bits per heavy atom. The molecule has 0 spiro atoms. The van der Waals surface area contributed by atoms with Crippen molar-refractivity contribution in [1.29, 1.82) is 0 Å². The minimum Gasteiger partial charge on any atom is -0.497 e. The van der Waals surface area contributed by atoms with Gasteiger partial charge < -0.3 is 4.74 Å². The molecule has 0 fully saturated rings. The van der Waals surface area contributed by atoms with Crippen LogP contribution in [-0.4, -0.2) is 7.11 Å². The van der Waals surface area contributed by atoms with Crippen LogP contribution in [0.5, 0.6) is 5.75 Å². The van der Waals surface area contributed by atoms with Crippen molar-refractivity contribution in [2.45, 2.75) is 6.42 Å². The molecule has 0 bridgehead atoms. The normalized spacial score (nSPS) is 10.8. The molecule has 3 aromatic rings. The van der Waals surface area contributed by atoms with E-state index in [4.69, 9.17) is 4.74 Å². The standard InChI is InChI=1S/C24H19FO/c1-26-23-17-11-19(12-18-23)7-5-6-10-24(25)22-15-13-21(14-16-22)20-8-3-2-4-9-20/h2-4,8-18H,6H2,1H3. The highest BCUT2D eigenvalue weighted by Gasteiger charge is 2.01. The Morgan fingerprint density at radius 1 is 0.885 bits per heavy atom. The highest BCUT2D eigenvalue weighted by atomic mass is 19.1. The van der Waals surface area contributed by atoms with Crippen LogP contribution in [0.1, 0.15) is 17.5 Å². The van der Waals surface area contributed by atoms with E-state index in [1.165, 1.54) is 6.08 Å². The zero-order valence-electron chi connectivity index (χ0n) is 14.6. The van der Waals surface area contributed by atoms with Crippen LogP contribution in [-0.2, 0) is 0 Å². The van der Waals surface area contributed by atoms with Crippen molar-refractivity contribution in [2.24, 2.45) is 0 Å². The molecule has 0 unspecified atom stereocenters. The summed E-state index contributed by atoms with van der Waals surface area (Å²) in [4.78, 5) is 0. The molecule has 0 aliphatic heterocycles. The molecule has 0 atom stereocenters. The number of ether oxygens (including phenoxy) is 1. The first kappa shape index (κ1) is 17.5. The highest BCUT2D eigenvalue weighted by molar-refractivity contribution is 5.67. The van der Waals surface area contributed by atoms with Gasteiger partial charge in [0.1, 0.15) is 11.6 Å². The largest absolute Gasteiger partial charge is 0.497 e. The summed E-state index contributed by atoms with van der Waals surface area (Å²) < 4.78 is 19.4.